The van der Waals surface area contributed by atoms with E-state index in [1.165, 1.54) is 16.2 Å². The molecule has 172 valence electrons. The second kappa shape index (κ2) is 10.0. The SMILES string of the molecule is CCCOc1cccc(C(=O)NC(=S)Nc2sc3c(c2C(N)=O)CCC(C(C)(C)C)C3)c1. The first kappa shape index (κ1) is 24.2. The molecule has 0 saturated heterocycles. The van der Waals surface area contributed by atoms with Crippen LogP contribution in [0.25, 0.3) is 0 Å². The van der Waals surface area contributed by atoms with E-state index in [-0.39, 0.29) is 16.4 Å². The quantitative estimate of drug-likeness (QED) is 0.518. The Bertz CT molecular complexity index is 1020. The number of carbonyl (C=O) groups is 2. The Kier molecular flexibility index (Phi) is 7.56. The predicted molar refractivity (Wildman–Crippen MR) is 134 cm³/mol. The summed E-state index contributed by atoms with van der Waals surface area (Å²) in [5.74, 6) is 0.345. The van der Waals surface area contributed by atoms with Crippen molar-refractivity contribution in [3.63, 3.8) is 0 Å². The van der Waals surface area contributed by atoms with Gasteiger partial charge in [0.25, 0.3) is 11.8 Å². The normalized spacial score (nSPS) is 15.6. The fourth-order valence-corrected chi connectivity index (χ4v) is 5.53. The molecule has 0 bridgehead atoms. The van der Waals surface area contributed by atoms with Crippen LogP contribution in [0, 0.1) is 11.3 Å². The molecule has 32 heavy (non-hydrogen) atoms. The predicted octanol–water partition coefficient (Wildman–Crippen LogP) is 4.91. The van der Waals surface area contributed by atoms with E-state index in [4.69, 9.17) is 22.7 Å². The van der Waals surface area contributed by atoms with Gasteiger partial charge in [-0.3, -0.25) is 14.9 Å². The van der Waals surface area contributed by atoms with Crippen LogP contribution in [0.15, 0.2) is 24.3 Å². The van der Waals surface area contributed by atoms with E-state index in [0.717, 1.165) is 31.2 Å². The molecule has 3 rings (SSSR count). The zero-order valence-corrected chi connectivity index (χ0v) is 20.7. The molecule has 0 spiro atoms. The number of primary amides is 1. The monoisotopic (exact) mass is 473 g/mol. The minimum atomic E-state index is -0.478. The van der Waals surface area contributed by atoms with Gasteiger partial charge in [0, 0.05) is 10.4 Å². The molecule has 0 aliphatic heterocycles. The second-order valence-corrected chi connectivity index (χ2v) is 10.7. The van der Waals surface area contributed by atoms with Crippen LogP contribution >= 0.6 is 23.6 Å². The molecule has 0 saturated carbocycles. The summed E-state index contributed by atoms with van der Waals surface area (Å²) in [6.07, 6.45) is 3.63. The topological polar surface area (TPSA) is 93.4 Å². The molecule has 8 heteroatoms. The Morgan fingerprint density at radius 1 is 1.31 bits per heavy atom. The minimum Gasteiger partial charge on any atom is -0.494 e. The average Bonchev–Trinajstić information content (AvgIpc) is 3.08. The molecule has 2 aromatic rings. The van der Waals surface area contributed by atoms with E-state index < -0.39 is 5.91 Å². The van der Waals surface area contributed by atoms with Gasteiger partial charge in [-0.05, 0) is 73.0 Å². The number of hydrogen-bond donors (Lipinski definition) is 3. The van der Waals surface area contributed by atoms with Gasteiger partial charge in [0.05, 0.1) is 12.2 Å². The first-order valence-corrected chi connectivity index (χ1v) is 12.1. The van der Waals surface area contributed by atoms with E-state index in [2.05, 4.69) is 31.4 Å². The van der Waals surface area contributed by atoms with Crippen LogP contribution in [0.2, 0.25) is 0 Å². The van der Waals surface area contributed by atoms with Gasteiger partial charge >= 0.3 is 0 Å². The lowest BCUT2D eigenvalue weighted by molar-refractivity contribution is 0.0975. The molecular weight excluding hydrogens is 442 g/mol. The third-order valence-electron chi connectivity index (χ3n) is 5.76. The number of thiocarbonyl (C=S) groups is 1. The largest absolute Gasteiger partial charge is 0.494 e. The molecule has 1 atom stereocenters. The summed E-state index contributed by atoms with van der Waals surface area (Å²) >= 11 is 6.87. The summed E-state index contributed by atoms with van der Waals surface area (Å²) in [5, 5.41) is 6.45. The Hall–Kier alpha value is -2.45. The Morgan fingerprint density at radius 3 is 2.72 bits per heavy atom. The van der Waals surface area contributed by atoms with Crippen LogP contribution < -0.4 is 21.1 Å². The third kappa shape index (κ3) is 5.66. The van der Waals surface area contributed by atoms with Gasteiger partial charge in [-0.25, -0.2) is 0 Å². The number of amides is 2. The highest BCUT2D eigenvalue weighted by molar-refractivity contribution is 7.80. The van der Waals surface area contributed by atoms with Crippen LogP contribution in [0.3, 0.4) is 0 Å². The van der Waals surface area contributed by atoms with Crippen molar-refractivity contribution in [1.29, 1.82) is 0 Å². The minimum absolute atomic E-state index is 0.128. The summed E-state index contributed by atoms with van der Waals surface area (Å²) in [5.41, 5.74) is 7.85. The molecule has 0 fully saturated rings. The number of fused-ring (bicyclic) bond motifs is 1. The summed E-state index contributed by atoms with van der Waals surface area (Å²) in [7, 11) is 0. The fourth-order valence-electron chi connectivity index (χ4n) is 3.93. The van der Waals surface area contributed by atoms with Gasteiger partial charge in [0.1, 0.15) is 10.8 Å². The number of benzene rings is 1. The highest BCUT2D eigenvalue weighted by Gasteiger charge is 2.33. The number of anilines is 1. The van der Waals surface area contributed by atoms with Crippen molar-refractivity contribution in [3.05, 3.63) is 45.8 Å². The maximum atomic E-state index is 12.7. The van der Waals surface area contributed by atoms with Crippen molar-refractivity contribution in [3.8, 4) is 5.75 Å². The lowest BCUT2D eigenvalue weighted by atomic mass is 9.72. The number of ether oxygens (including phenoxy) is 1. The average molecular weight is 474 g/mol. The highest BCUT2D eigenvalue weighted by atomic mass is 32.1. The van der Waals surface area contributed by atoms with Crippen LogP contribution in [-0.4, -0.2) is 23.5 Å². The van der Waals surface area contributed by atoms with Crippen molar-refractivity contribution in [2.24, 2.45) is 17.1 Å². The lowest BCUT2D eigenvalue weighted by Crippen LogP contribution is -2.34. The first-order chi connectivity index (χ1) is 15.1. The molecule has 1 aromatic heterocycles. The number of nitrogens with two attached hydrogens (primary N) is 1. The second-order valence-electron chi connectivity index (χ2n) is 9.16. The Morgan fingerprint density at radius 2 is 2.06 bits per heavy atom. The Labute approximate surface area is 198 Å². The molecule has 1 unspecified atom stereocenters. The lowest BCUT2D eigenvalue weighted by Gasteiger charge is -2.33. The van der Waals surface area contributed by atoms with E-state index in [0.29, 0.717) is 34.4 Å². The van der Waals surface area contributed by atoms with Crippen LogP contribution in [-0.2, 0) is 12.8 Å². The van der Waals surface area contributed by atoms with E-state index in [9.17, 15) is 9.59 Å². The van der Waals surface area contributed by atoms with Crippen LogP contribution in [0.4, 0.5) is 5.00 Å². The molecule has 6 nitrogen and oxygen atoms in total. The van der Waals surface area contributed by atoms with Gasteiger partial charge in [-0.15, -0.1) is 11.3 Å². The van der Waals surface area contributed by atoms with E-state index in [1.54, 1.807) is 18.2 Å². The van der Waals surface area contributed by atoms with Gasteiger partial charge in [-0.2, -0.15) is 0 Å². The van der Waals surface area contributed by atoms with Crippen molar-refractivity contribution in [1.82, 2.24) is 5.32 Å². The van der Waals surface area contributed by atoms with Gasteiger partial charge < -0.3 is 15.8 Å². The maximum absolute atomic E-state index is 12.7. The van der Waals surface area contributed by atoms with Gasteiger partial charge in [0.2, 0.25) is 0 Å². The summed E-state index contributed by atoms with van der Waals surface area (Å²) < 4.78 is 5.59. The molecular formula is C24H31N3O3S2. The summed E-state index contributed by atoms with van der Waals surface area (Å²) in [6, 6.07) is 6.95. The van der Waals surface area contributed by atoms with Gasteiger partial charge in [0.15, 0.2) is 5.11 Å². The van der Waals surface area contributed by atoms with Crippen LogP contribution in [0.5, 0.6) is 5.75 Å². The molecule has 1 aliphatic rings. The first-order valence-electron chi connectivity index (χ1n) is 10.9. The van der Waals surface area contributed by atoms with Crippen molar-refractivity contribution >= 4 is 45.5 Å². The highest BCUT2D eigenvalue weighted by Crippen LogP contribution is 2.44. The zero-order valence-electron chi connectivity index (χ0n) is 19.0. The maximum Gasteiger partial charge on any atom is 0.257 e. The summed E-state index contributed by atoms with van der Waals surface area (Å²) in [6.45, 7) is 9.35. The molecule has 1 aliphatic carbocycles. The number of thiophene rings is 1. The summed E-state index contributed by atoms with van der Waals surface area (Å²) in [4.78, 5) is 26.1. The smallest absolute Gasteiger partial charge is 0.257 e. The fraction of sp³-hybridized carbons (Fsp3) is 0.458. The number of hydrogen-bond acceptors (Lipinski definition) is 5. The number of carbonyl (C=O) groups excluding carboxylic acids is 2. The molecule has 2 amide bonds. The van der Waals surface area contributed by atoms with Crippen LogP contribution in [0.1, 0.15) is 71.7 Å². The number of nitrogens with one attached hydrogen (secondary N) is 2. The van der Waals surface area contributed by atoms with E-state index >= 15 is 0 Å². The third-order valence-corrected chi connectivity index (χ3v) is 7.13. The number of rotatable bonds is 6. The van der Waals surface area contributed by atoms with Crippen molar-refractivity contribution < 1.29 is 14.3 Å². The zero-order chi connectivity index (χ0) is 23.5. The Balaban J connectivity index is 1.73. The van der Waals surface area contributed by atoms with Crippen molar-refractivity contribution in [2.75, 3.05) is 11.9 Å². The molecule has 1 heterocycles. The molecule has 1 aromatic carbocycles. The molecule has 0 radical (unpaired) electrons. The molecule has 4 N–H and O–H groups in total. The van der Waals surface area contributed by atoms with E-state index in [1.807, 2.05) is 13.0 Å². The standard InChI is InChI=1S/C24H31N3O3S2/c1-5-11-30-16-8-6-7-14(12-16)21(29)26-23(31)27-22-19(20(25)28)17-10-9-15(24(2,3)4)13-18(17)32-22/h6-8,12,15H,5,9-11,13H2,1-4H3,(H2,25,28)(H2,26,27,29,31). The van der Waals surface area contributed by atoms with Crippen molar-refractivity contribution in [2.45, 2.75) is 53.4 Å². The van der Waals surface area contributed by atoms with Gasteiger partial charge in [-0.1, -0.05) is 33.8 Å².